The summed E-state index contributed by atoms with van der Waals surface area (Å²) in [7, 11) is 4.20. The lowest BCUT2D eigenvalue weighted by atomic mass is 9.96. The van der Waals surface area contributed by atoms with Gasteiger partial charge in [-0.1, -0.05) is 13.3 Å². The molecule has 0 aromatic rings. The number of piperazine rings is 1. The van der Waals surface area contributed by atoms with Gasteiger partial charge >= 0.3 is 0 Å². The normalized spacial score (nSPS) is 18.2. The van der Waals surface area contributed by atoms with E-state index >= 15 is 0 Å². The first-order chi connectivity index (χ1) is 10.1. The van der Waals surface area contributed by atoms with Crippen molar-refractivity contribution < 1.29 is 4.79 Å². The Hall–Kier alpha value is -0.650. The van der Waals surface area contributed by atoms with Gasteiger partial charge in [0.1, 0.15) is 0 Å². The van der Waals surface area contributed by atoms with Crippen LogP contribution in [0.2, 0.25) is 0 Å². The molecule has 0 spiro atoms. The molecule has 0 bridgehead atoms. The van der Waals surface area contributed by atoms with Gasteiger partial charge in [-0.25, -0.2) is 0 Å². The van der Waals surface area contributed by atoms with Gasteiger partial charge in [0, 0.05) is 45.7 Å². The summed E-state index contributed by atoms with van der Waals surface area (Å²) in [6, 6.07) is 0. The molecule has 1 amide bonds. The smallest absolute Gasteiger partial charge is 0.222 e. The molecule has 0 radical (unpaired) electrons. The molecule has 1 heterocycles. The maximum absolute atomic E-state index is 12.3. The van der Waals surface area contributed by atoms with E-state index < -0.39 is 0 Å². The van der Waals surface area contributed by atoms with Gasteiger partial charge < -0.3 is 15.5 Å². The molecule has 1 aliphatic heterocycles. The van der Waals surface area contributed by atoms with Gasteiger partial charge in [0.2, 0.25) is 5.91 Å². The van der Waals surface area contributed by atoms with E-state index in [9.17, 15) is 4.79 Å². The number of nitrogens with two attached hydrogens (primary N) is 1. The van der Waals surface area contributed by atoms with Crippen molar-refractivity contribution in [2.75, 3.05) is 59.9 Å². The average molecular weight is 298 g/mol. The maximum Gasteiger partial charge on any atom is 0.222 e. The van der Waals surface area contributed by atoms with Crippen molar-refractivity contribution in [2.24, 2.45) is 11.7 Å². The minimum atomic E-state index is 0.331. The molecule has 1 fully saturated rings. The van der Waals surface area contributed by atoms with Crippen molar-refractivity contribution in [1.82, 2.24) is 14.7 Å². The van der Waals surface area contributed by atoms with Gasteiger partial charge in [0.15, 0.2) is 0 Å². The van der Waals surface area contributed by atoms with Crippen molar-refractivity contribution >= 4 is 5.91 Å². The maximum atomic E-state index is 12.3. The van der Waals surface area contributed by atoms with Crippen molar-refractivity contribution in [3.05, 3.63) is 0 Å². The molecule has 1 unspecified atom stereocenters. The quantitative estimate of drug-likeness (QED) is 0.685. The van der Waals surface area contributed by atoms with E-state index in [4.69, 9.17) is 5.73 Å². The van der Waals surface area contributed by atoms with Crippen LogP contribution in [0.3, 0.4) is 0 Å². The van der Waals surface area contributed by atoms with Crippen LogP contribution in [-0.2, 0) is 4.79 Å². The molecular weight excluding hydrogens is 264 g/mol. The van der Waals surface area contributed by atoms with Crippen LogP contribution in [-0.4, -0.2) is 80.5 Å². The summed E-state index contributed by atoms with van der Waals surface area (Å²) in [5, 5.41) is 0. The van der Waals surface area contributed by atoms with E-state index in [0.717, 1.165) is 65.1 Å². The van der Waals surface area contributed by atoms with Crippen LogP contribution in [0.5, 0.6) is 0 Å². The molecule has 124 valence electrons. The Bertz CT molecular complexity index is 288. The molecular formula is C16H34N4O. The second-order valence-corrected chi connectivity index (χ2v) is 6.42. The minimum Gasteiger partial charge on any atom is -0.340 e. The number of nitrogens with zero attached hydrogens (tertiary/aromatic N) is 3. The van der Waals surface area contributed by atoms with E-state index in [0.29, 0.717) is 18.2 Å². The molecule has 0 aromatic heterocycles. The lowest BCUT2D eigenvalue weighted by Crippen LogP contribution is -2.50. The standard InChI is InChI=1S/C16H34N4O/c1-4-15(7-8-17)5-6-16(21)20-13-11-19(12-14-20)10-9-18(2)3/h15H,4-14,17H2,1-3H3. The van der Waals surface area contributed by atoms with Crippen LogP contribution in [0, 0.1) is 5.92 Å². The number of carbonyl (C=O) groups excluding carboxylic acids is 1. The zero-order valence-electron chi connectivity index (χ0n) is 14.2. The summed E-state index contributed by atoms with van der Waals surface area (Å²) in [5.41, 5.74) is 5.61. The van der Waals surface area contributed by atoms with Crippen LogP contribution in [0.1, 0.15) is 32.6 Å². The van der Waals surface area contributed by atoms with E-state index in [2.05, 4.69) is 30.8 Å². The second kappa shape index (κ2) is 10.1. The van der Waals surface area contributed by atoms with Crippen LogP contribution >= 0.6 is 0 Å². The Balaban J connectivity index is 2.22. The Morgan fingerprint density at radius 3 is 2.38 bits per heavy atom. The summed E-state index contributed by atoms with van der Waals surface area (Å²) in [6.45, 7) is 8.92. The van der Waals surface area contributed by atoms with Gasteiger partial charge in [-0.2, -0.15) is 0 Å². The molecule has 1 atom stereocenters. The number of likely N-dealkylation sites (N-methyl/N-ethyl adjacent to an activating group) is 1. The average Bonchev–Trinajstić information content (AvgIpc) is 2.49. The van der Waals surface area contributed by atoms with Crippen LogP contribution in [0.15, 0.2) is 0 Å². The first-order valence-electron chi connectivity index (χ1n) is 8.41. The number of amides is 1. The third-order valence-electron chi connectivity index (χ3n) is 4.51. The van der Waals surface area contributed by atoms with Gasteiger partial charge in [-0.3, -0.25) is 9.69 Å². The van der Waals surface area contributed by atoms with Crippen molar-refractivity contribution in [3.8, 4) is 0 Å². The molecule has 0 aromatic carbocycles. The number of rotatable bonds is 9. The van der Waals surface area contributed by atoms with E-state index in [1.165, 1.54) is 0 Å². The fourth-order valence-electron chi connectivity index (χ4n) is 2.84. The Morgan fingerprint density at radius 1 is 1.19 bits per heavy atom. The van der Waals surface area contributed by atoms with E-state index in [-0.39, 0.29) is 0 Å². The molecule has 5 heteroatoms. The molecule has 1 saturated heterocycles. The second-order valence-electron chi connectivity index (χ2n) is 6.42. The molecule has 2 N–H and O–H groups in total. The molecule has 21 heavy (non-hydrogen) atoms. The topological polar surface area (TPSA) is 52.8 Å². The highest BCUT2D eigenvalue weighted by Crippen LogP contribution is 2.16. The summed E-state index contributed by atoms with van der Waals surface area (Å²) >= 11 is 0. The van der Waals surface area contributed by atoms with Gasteiger partial charge in [0.25, 0.3) is 0 Å². The molecule has 1 rings (SSSR count). The summed E-state index contributed by atoms with van der Waals surface area (Å²) in [5.74, 6) is 0.943. The Labute approximate surface area is 130 Å². The van der Waals surface area contributed by atoms with Crippen LogP contribution in [0.25, 0.3) is 0 Å². The van der Waals surface area contributed by atoms with Gasteiger partial charge in [0.05, 0.1) is 0 Å². The molecule has 1 aliphatic rings. The lowest BCUT2D eigenvalue weighted by Gasteiger charge is -2.35. The zero-order chi connectivity index (χ0) is 15.7. The summed E-state index contributed by atoms with van der Waals surface area (Å²) in [6.07, 6.45) is 3.86. The number of hydrogen-bond acceptors (Lipinski definition) is 4. The molecule has 0 aliphatic carbocycles. The SMILES string of the molecule is CCC(CCN)CCC(=O)N1CCN(CCN(C)C)CC1. The summed E-state index contributed by atoms with van der Waals surface area (Å²) < 4.78 is 0. The largest absolute Gasteiger partial charge is 0.340 e. The van der Waals surface area contributed by atoms with Crippen molar-refractivity contribution in [3.63, 3.8) is 0 Å². The highest BCUT2D eigenvalue weighted by Gasteiger charge is 2.21. The predicted octanol–water partition coefficient (Wildman–Crippen LogP) is 0.847. The highest BCUT2D eigenvalue weighted by atomic mass is 16.2. The summed E-state index contributed by atoms with van der Waals surface area (Å²) in [4.78, 5) is 19.0. The zero-order valence-corrected chi connectivity index (χ0v) is 14.2. The number of hydrogen-bond donors (Lipinski definition) is 1. The van der Waals surface area contributed by atoms with E-state index in [1.54, 1.807) is 0 Å². The van der Waals surface area contributed by atoms with Crippen LogP contribution in [0.4, 0.5) is 0 Å². The third kappa shape index (κ3) is 7.25. The fourth-order valence-corrected chi connectivity index (χ4v) is 2.84. The molecule has 0 saturated carbocycles. The third-order valence-corrected chi connectivity index (χ3v) is 4.51. The monoisotopic (exact) mass is 298 g/mol. The van der Waals surface area contributed by atoms with Crippen LogP contribution < -0.4 is 5.73 Å². The number of carbonyl (C=O) groups is 1. The highest BCUT2D eigenvalue weighted by molar-refractivity contribution is 5.76. The minimum absolute atomic E-state index is 0.331. The molecule has 5 nitrogen and oxygen atoms in total. The fraction of sp³-hybridized carbons (Fsp3) is 0.938. The van der Waals surface area contributed by atoms with Crippen molar-refractivity contribution in [2.45, 2.75) is 32.6 Å². The first-order valence-corrected chi connectivity index (χ1v) is 8.41. The Morgan fingerprint density at radius 2 is 1.86 bits per heavy atom. The first kappa shape index (κ1) is 18.4. The predicted molar refractivity (Wildman–Crippen MR) is 88.3 cm³/mol. The lowest BCUT2D eigenvalue weighted by molar-refractivity contribution is -0.133. The van der Waals surface area contributed by atoms with E-state index in [1.807, 2.05) is 4.90 Å². The van der Waals surface area contributed by atoms with Gasteiger partial charge in [-0.05, 0) is 39.4 Å². The van der Waals surface area contributed by atoms with Crippen molar-refractivity contribution in [1.29, 1.82) is 0 Å². The Kier molecular flexibility index (Phi) is 8.88. The van der Waals surface area contributed by atoms with Gasteiger partial charge in [-0.15, -0.1) is 0 Å².